The molecule has 0 N–H and O–H groups in total. The maximum absolute atomic E-state index is 12.8. The number of benzene rings is 1. The third kappa shape index (κ3) is 2.11. The molecule has 2 aromatic rings. The van der Waals surface area contributed by atoms with Crippen molar-refractivity contribution in [1.82, 2.24) is 9.88 Å². The molecule has 1 saturated heterocycles. The minimum Gasteiger partial charge on any atom is -0.338 e. The SMILES string of the molecule is O=C(c1cnc(Cl)c2ccccc12)N1CC2CCCC2C1. The first kappa shape index (κ1) is 13.1. The number of halogens is 1. The fourth-order valence-corrected chi connectivity index (χ4v) is 4.11. The van der Waals surface area contributed by atoms with E-state index in [1.54, 1.807) is 6.20 Å². The van der Waals surface area contributed by atoms with Crippen LogP contribution in [0.3, 0.4) is 0 Å². The van der Waals surface area contributed by atoms with E-state index >= 15 is 0 Å². The molecule has 21 heavy (non-hydrogen) atoms. The predicted molar refractivity (Wildman–Crippen MR) is 83.5 cm³/mol. The first-order valence-electron chi connectivity index (χ1n) is 7.56. The van der Waals surface area contributed by atoms with Crippen LogP contribution in [0.1, 0.15) is 29.6 Å². The Balaban J connectivity index is 1.70. The molecule has 0 bridgehead atoms. The number of hydrogen-bond acceptors (Lipinski definition) is 2. The topological polar surface area (TPSA) is 33.2 Å². The number of amides is 1. The summed E-state index contributed by atoms with van der Waals surface area (Å²) in [5.41, 5.74) is 0.676. The minimum atomic E-state index is 0.102. The zero-order chi connectivity index (χ0) is 14.4. The quantitative estimate of drug-likeness (QED) is 0.751. The molecule has 2 aliphatic rings. The van der Waals surface area contributed by atoms with Gasteiger partial charge in [0, 0.05) is 24.7 Å². The van der Waals surface area contributed by atoms with Crippen LogP contribution in [0.5, 0.6) is 0 Å². The fourth-order valence-electron chi connectivity index (χ4n) is 3.90. The zero-order valence-corrected chi connectivity index (χ0v) is 12.5. The number of carbonyl (C=O) groups is 1. The van der Waals surface area contributed by atoms with E-state index in [9.17, 15) is 4.79 Å². The number of aromatic nitrogens is 1. The summed E-state index contributed by atoms with van der Waals surface area (Å²) in [6.07, 6.45) is 5.49. The summed E-state index contributed by atoms with van der Waals surface area (Å²) >= 11 is 6.14. The molecule has 1 aromatic heterocycles. The highest BCUT2D eigenvalue weighted by atomic mass is 35.5. The van der Waals surface area contributed by atoms with E-state index in [0.29, 0.717) is 22.6 Å². The van der Waals surface area contributed by atoms with Crippen molar-refractivity contribution in [2.45, 2.75) is 19.3 Å². The van der Waals surface area contributed by atoms with Gasteiger partial charge in [-0.15, -0.1) is 0 Å². The van der Waals surface area contributed by atoms with E-state index in [4.69, 9.17) is 11.6 Å². The molecule has 1 saturated carbocycles. The monoisotopic (exact) mass is 300 g/mol. The lowest BCUT2D eigenvalue weighted by atomic mass is 10.0. The number of nitrogens with zero attached hydrogens (tertiary/aromatic N) is 2. The normalized spacial score (nSPS) is 24.5. The van der Waals surface area contributed by atoms with Gasteiger partial charge in [-0.2, -0.15) is 0 Å². The Hall–Kier alpha value is -1.61. The Labute approximate surface area is 128 Å². The van der Waals surface area contributed by atoms with E-state index in [1.807, 2.05) is 29.2 Å². The van der Waals surface area contributed by atoms with Gasteiger partial charge in [-0.25, -0.2) is 4.98 Å². The van der Waals surface area contributed by atoms with Crippen molar-refractivity contribution in [3.05, 3.63) is 41.2 Å². The van der Waals surface area contributed by atoms with Crippen molar-refractivity contribution in [1.29, 1.82) is 0 Å². The zero-order valence-electron chi connectivity index (χ0n) is 11.8. The van der Waals surface area contributed by atoms with E-state index in [-0.39, 0.29) is 5.91 Å². The smallest absolute Gasteiger partial charge is 0.256 e. The van der Waals surface area contributed by atoms with Gasteiger partial charge in [0.25, 0.3) is 5.91 Å². The molecule has 2 fully saturated rings. The Morgan fingerprint density at radius 3 is 2.52 bits per heavy atom. The van der Waals surface area contributed by atoms with Crippen LogP contribution < -0.4 is 0 Å². The van der Waals surface area contributed by atoms with Crippen molar-refractivity contribution in [3.63, 3.8) is 0 Å². The van der Waals surface area contributed by atoms with Gasteiger partial charge in [-0.05, 0) is 30.1 Å². The van der Waals surface area contributed by atoms with Crippen LogP contribution in [0.2, 0.25) is 5.15 Å². The third-order valence-electron chi connectivity index (χ3n) is 4.99. The highest BCUT2D eigenvalue weighted by Crippen LogP contribution is 2.38. The van der Waals surface area contributed by atoms with Gasteiger partial charge in [0.05, 0.1) is 5.56 Å². The van der Waals surface area contributed by atoms with Gasteiger partial charge in [0.2, 0.25) is 0 Å². The molecule has 2 unspecified atom stereocenters. The van der Waals surface area contributed by atoms with E-state index < -0.39 is 0 Å². The summed E-state index contributed by atoms with van der Waals surface area (Å²) in [5, 5.41) is 2.21. The van der Waals surface area contributed by atoms with Crippen molar-refractivity contribution in [2.75, 3.05) is 13.1 Å². The Bertz CT molecular complexity index is 703. The molecule has 4 rings (SSSR count). The first-order chi connectivity index (χ1) is 10.2. The van der Waals surface area contributed by atoms with Gasteiger partial charge in [0.15, 0.2) is 0 Å². The number of pyridine rings is 1. The maximum atomic E-state index is 12.8. The molecular formula is C17H17ClN2O. The van der Waals surface area contributed by atoms with Crippen LogP contribution in [-0.4, -0.2) is 28.9 Å². The second-order valence-corrected chi connectivity index (χ2v) is 6.53. The van der Waals surface area contributed by atoms with Gasteiger partial charge in [0.1, 0.15) is 5.15 Å². The van der Waals surface area contributed by atoms with Gasteiger partial charge in [-0.1, -0.05) is 42.3 Å². The Morgan fingerprint density at radius 2 is 1.81 bits per heavy atom. The molecule has 0 radical (unpaired) electrons. The molecule has 1 aliphatic heterocycles. The summed E-state index contributed by atoms with van der Waals surface area (Å²) in [7, 11) is 0. The average molecular weight is 301 g/mol. The van der Waals surface area contributed by atoms with Crippen molar-refractivity contribution in [3.8, 4) is 0 Å². The summed E-state index contributed by atoms with van der Waals surface area (Å²) in [4.78, 5) is 19.0. The third-order valence-corrected chi connectivity index (χ3v) is 5.29. The molecule has 1 aliphatic carbocycles. The molecule has 1 amide bonds. The van der Waals surface area contributed by atoms with E-state index in [0.717, 1.165) is 23.9 Å². The average Bonchev–Trinajstić information content (AvgIpc) is 3.08. The van der Waals surface area contributed by atoms with Crippen LogP contribution in [0.15, 0.2) is 30.5 Å². The Kier molecular flexibility index (Phi) is 3.11. The number of likely N-dealkylation sites (tertiary alicyclic amines) is 1. The molecule has 2 heterocycles. The molecule has 108 valence electrons. The van der Waals surface area contributed by atoms with E-state index in [2.05, 4.69) is 4.98 Å². The molecule has 1 aromatic carbocycles. The largest absolute Gasteiger partial charge is 0.338 e. The van der Waals surface area contributed by atoms with Crippen LogP contribution in [0, 0.1) is 11.8 Å². The number of fused-ring (bicyclic) bond motifs is 2. The van der Waals surface area contributed by atoms with Crippen LogP contribution >= 0.6 is 11.6 Å². The highest BCUT2D eigenvalue weighted by molar-refractivity contribution is 6.34. The van der Waals surface area contributed by atoms with Crippen LogP contribution in [0.25, 0.3) is 10.8 Å². The standard InChI is InChI=1S/C17H17ClN2O/c18-16-14-7-2-1-6-13(14)15(8-19-16)17(21)20-9-11-4-3-5-12(11)10-20/h1-2,6-8,11-12H,3-5,9-10H2. The second-order valence-electron chi connectivity index (χ2n) is 6.17. The van der Waals surface area contributed by atoms with Gasteiger partial charge in [-0.3, -0.25) is 4.79 Å². The van der Waals surface area contributed by atoms with Gasteiger partial charge >= 0.3 is 0 Å². The lowest BCUT2D eigenvalue weighted by Gasteiger charge is -2.18. The second kappa shape index (κ2) is 4.99. The molecule has 3 nitrogen and oxygen atoms in total. The predicted octanol–water partition coefficient (Wildman–Crippen LogP) is 3.76. The lowest BCUT2D eigenvalue weighted by molar-refractivity contribution is 0.0782. The van der Waals surface area contributed by atoms with Crippen LogP contribution in [0.4, 0.5) is 0 Å². The lowest BCUT2D eigenvalue weighted by Crippen LogP contribution is -2.29. The first-order valence-corrected chi connectivity index (χ1v) is 7.94. The van der Waals surface area contributed by atoms with Crippen molar-refractivity contribution >= 4 is 28.3 Å². The van der Waals surface area contributed by atoms with Crippen LogP contribution in [-0.2, 0) is 0 Å². The maximum Gasteiger partial charge on any atom is 0.256 e. The molecule has 2 atom stereocenters. The van der Waals surface area contributed by atoms with E-state index in [1.165, 1.54) is 19.3 Å². The summed E-state index contributed by atoms with van der Waals surface area (Å²) in [6.45, 7) is 1.81. The van der Waals surface area contributed by atoms with Crippen molar-refractivity contribution < 1.29 is 4.79 Å². The fraction of sp³-hybridized carbons (Fsp3) is 0.412. The molecule has 0 spiro atoms. The van der Waals surface area contributed by atoms with Gasteiger partial charge < -0.3 is 4.90 Å². The highest BCUT2D eigenvalue weighted by Gasteiger charge is 2.38. The summed E-state index contributed by atoms with van der Waals surface area (Å²) in [6, 6.07) is 7.73. The Morgan fingerprint density at radius 1 is 1.14 bits per heavy atom. The number of rotatable bonds is 1. The number of carbonyl (C=O) groups excluding carboxylic acids is 1. The summed E-state index contributed by atoms with van der Waals surface area (Å²) in [5.74, 6) is 1.52. The van der Waals surface area contributed by atoms with Crippen molar-refractivity contribution in [2.24, 2.45) is 11.8 Å². The molecular weight excluding hydrogens is 284 g/mol. The summed E-state index contributed by atoms with van der Waals surface area (Å²) < 4.78 is 0. The number of hydrogen-bond donors (Lipinski definition) is 0. The molecule has 4 heteroatoms. The minimum absolute atomic E-state index is 0.102.